The van der Waals surface area contributed by atoms with Crippen LogP contribution in [-0.2, 0) is 23.8 Å². The van der Waals surface area contributed by atoms with E-state index in [0.29, 0.717) is 26.2 Å². The summed E-state index contributed by atoms with van der Waals surface area (Å²) < 4.78 is 23.5. The van der Waals surface area contributed by atoms with E-state index in [1.54, 1.807) is 31.9 Å². The van der Waals surface area contributed by atoms with Crippen molar-refractivity contribution in [2.75, 3.05) is 52.3 Å². The smallest absolute Gasteiger partial charge is 0.312 e. The molecule has 4 aliphatic heterocycles. The Bertz CT molecular complexity index is 2090. The van der Waals surface area contributed by atoms with Crippen molar-refractivity contribution in [2.45, 2.75) is 78.7 Å². The summed E-state index contributed by atoms with van der Waals surface area (Å²) in [5.74, 6) is -9.35. The molecule has 6 rings (SSSR count). The van der Waals surface area contributed by atoms with Crippen molar-refractivity contribution in [3.05, 3.63) is 52.8 Å². The van der Waals surface area contributed by atoms with Crippen molar-refractivity contribution >= 4 is 40.3 Å². The molecule has 0 aliphatic carbocycles. The van der Waals surface area contributed by atoms with E-state index in [1.807, 2.05) is 7.05 Å². The van der Waals surface area contributed by atoms with Gasteiger partial charge in [-0.3, -0.25) is 19.4 Å². The number of amides is 1. The fourth-order valence-electron chi connectivity index (χ4n) is 7.96. The average molecular weight is 839 g/mol. The first kappa shape index (κ1) is 45.9. The first-order chi connectivity index (χ1) is 28.3. The lowest BCUT2D eigenvalue weighted by Crippen LogP contribution is -2.48. The van der Waals surface area contributed by atoms with Crippen molar-refractivity contribution in [3.63, 3.8) is 0 Å². The zero-order valence-corrected chi connectivity index (χ0v) is 35.5. The first-order valence-corrected chi connectivity index (χ1v) is 19.9. The lowest BCUT2D eigenvalue weighted by atomic mass is 9.78. The molecule has 7 N–H and O–H groups in total. The highest BCUT2D eigenvalue weighted by Gasteiger charge is 2.50. The van der Waals surface area contributed by atoms with Gasteiger partial charge in [-0.2, -0.15) is 5.10 Å². The van der Waals surface area contributed by atoms with E-state index in [9.17, 15) is 45.0 Å². The number of ether oxygens (including phenoxy) is 4. The number of likely N-dealkylation sites (N-methyl/N-ethyl adjacent to an activating group) is 1. The summed E-state index contributed by atoms with van der Waals surface area (Å²) in [6.45, 7) is 12.4. The number of nitrogens with one attached hydrogen (secondary N) is 1. The predicted molar refractivity (Wildman–Crippen MR) is 222 cm³/mol. The van der Waals surface area contributed by atoms with Crippen LogP contribution < -0.4 is 10.1 Å². The fourth-order valence-corrected chi connectivity index (χ4v) is 7.96. The van der Waals surface area contributed by atoms with Crippen LogP contribution in [0.15, 0.2) is 41.2 Å². The highest BCUT2D eigenvalue weighted by Crippen LogP contribution is 2.55. The number of carbonyl (C=O) groups excluding carboxylic acids is 3. The number of phenolic OH excluding ortho intramolecular Hbond substituents is 3. The number of benzene rings is 2. The highest BCUT2D eigenvalue weighted by atomic mass is 16.7. The monoisotopic (exact) mass is 838 g/mol. The molecule has 9 atom stereocenters. The van der Waals surface area contributed by atoms with Crippen LogP contribution in [0.5, 0.6) is 23.0 Å². The normalized spacial score (nSPS) is 31.7. The number of phenols is 3. The van der Waals surface area contributed by atoms with Crippen molar-refractivity contribution in [2.24, 2.45) is 28.8 Å². The van der Waals surface area contributed by atoms with Gasteiger partial charge in [-0.25, -0.2) is 0 Å². The number of aliphatic hydroxyl groups is 3. The van der Waals surface area contributed by atoms with Crippen LogP contribution in [0.3, 0.4) is 0 Å². The van der Waals surface area contributed by atoms with Crippen molar-refractivity contribution in [1.82, 2.24) is 9.91 Å². The zero-order chi connectivity index (χ0) is 44.4. The third-order valence-corrected chi connectivity index (χ3v) is 11.9. The van der Waals surface area contributed by atoms with Gasteiger partial charge in [-0.05, 0) is 27.0 Å². The third-order valence-electron chi connectivity index (χ3n) is 11.9. The number of piperazine rings is 1. The van der Waals surface area contributed by atoms with E-state index in [2.05, 4.69) is 15.3 Å². The maximum Gasteiger partial charge on any atom is 0.312 e. The van der Waals surface area contributed by atoms with Gasteiger partial charge >= 0.3 is 11.8 Å². The van der Waals surface area contributed by atoms with Gasteiger partial charge in [0.25, 0.3) is 11.7 Å². The molecular formula is C43H58N4O13. The van der Waals surface area contributed by atoms with Crippen LogP contribution in [0.25, 0.3) is 10.8 Å². The second kappa shape index (κ2) is 18.6. The Labute approximate surface area is 349 Å². The number of allylic oxidation sites excluding steroid dienone is 2. The van der Waals surface area contributed by atoms with E-state index in [4.69, 9.17) is 18.9 Å². The fraction of sp³-hybridized carbons (Fsp3) is 0.535. The number of fused-ring (bicyclic) bond motifs is 14. The number of anilines is 1. The highest BCUT2D eigenvalue weighted by molar-refractivity contribution is 6.23. The molecule has 0 saturated carbocycles. The van der Waals surface area contributed by atoms with Gasteiger partial charge in [-0.1, -0.05) is 39.0 Å². The molecule has 17 heteroatoms. The number of aliphatic hydroxyl groups excluding tert-OH is 3. The molecule has 60 heavy (non-hydrogen) atoms. The number of esters is 1. The van der Waals surface area contributed by atoms with Gasteiger partial charge in [0.15, 0.2) is 5.75 Å². The molecule has 2 aromatic carbocycles. The summed E-state index contributed by atoms with van der Waals surface area (Å²) in [6, 6.07) is 0. The number of hydrogen-bond donors (Lipinski definition) is 7. The third kappa shape index (κ3) is 8.95. The lowest BCUT2D eigenvalue weighted by molar-refractivity contribution is -0.161. The van der Waals surface area contributed by atoms with Crippen molar-refractivity contribution in [1.29, 1.82) is 0 Å². The number of nitrogens with zero attached hydrogens (tertiary/aromatic N) is 3. The molecule has 0 aromatic heterocycles. The summed E-state index contributed by atoms with van der Waals surface area (Å²) in [5, 5.41) is 77.2. The molecule has 1 fully saturated rings. The Morgan fingerprint density at radius 1 is 1.00 bits per heavy atom. The molecule has 328 valence electrons. The van der Waals surface area contributed by atoms with Crippen LogP contribution in [0.2, 0.25) is 0 Å². The predicted octanol–water partition coefficient (Wildman–Crippen LogP) is 3.31. The van der Waals surface area contributed by atoms with Crippen LogP contribution in [0, 0.1) is 30.6 Å². The van der Waals surface area contributed by atoms with E-state index in [-0.39, 0.29) is 44.5 Å². The number of rotatable bonds is 5. The molecule has 0 radical (unpaired) electrons. The molecular weight excluding hydrogens is 780 g/mol. The van der Waals surface area contributed by atoms with Gasteiger partial charge in [0, 0.05) is 87.3 Å². The van der Waals surface area contributed by atoms with Gasteiger partial charge in [0.2, 0.25) is 0 Å². The molecule has 17 nitrogen and oxygen atoms in total. The second-order valence-corrected chi connectivity index (χ2v) is 16.1. The van der Waals surface area contributed by atoms with E-state index < -0.39 is 95.4 Å². The minimum absolute atomic E-state index is 0.0392. The Kier molecular flexibility index (Phi) is 14.2. The lowest BCUT2D eigenvalue weighted by Gasteiger charge is -2.38. The Hall–Kier alpha value is -5.20. The quantitative estimate of drug-likeness (QED) is 0.0990. The van der Waals surface area contributed by atoms with Crippen LogP contribution in [0.1, 0.15) is 63.0 Å². The summed E-state index contributed by atoms with van der Waals surface area (Å²) in [6.07, 6.45) is 3.91. The number of ketones is 1. The minimum Gasteiger partial charge on any atom is -0.507 e. The molecule has 5 bridgehead atoms. The van der Waals surface area contributed by atoms with Gasteiger partial charge in [0.05, 0.1) is 59.6 Å². The first-order valence-electron chi connectivity index (χ1n) is 19.9. The van der Waals surface area contributed by atoms with Crippen LogP contribution in [0.4, 0.5) is 5.69 Å². The summed E-state index contributed by atoms with van der Waals surface area (Å²) in [5.41, 5.74) is -0.480. The molecule has 0 spiro atoms. The minimum atomic E-state index is -2.07. The number of hydrogen-bond acceptors (Lipinski definition) is 16. The maximum atomic E-state index is 14.4. The summed E-state index contributed by atoms with van der Waals surface area (Å²) in [7, 11) is 3.38. The zero-order valence-electron chi connectivity index (χ0n) is 35.5. The van der Waals surface area contributed by atoms with E-state index in [0.717, 1.165) is 0 Å². The maximum absolute atomic E-state index is 14.4. The topological polar surface area (TPSA) is 240 Å². The number of hydrazone groups is 1. The number of carbonyl (C=O) groups is 3. The molecule has 4 heterocycles. The molecule has 0 unspecified atom stereocenters. The standard InChI is InChI=1S/C43H58N4O13/c1-21-11-10-12-22(2)42(56)45-33-27(19-44-47-16-14-46(8)15-17-47)37(53)30-31(38(33)54)36(52)25(5)40-32(30)41(55)43(7,60-40)58-18-13-29(57-9)23(3)39(59-26(6)49)24(4)35(51)28(20-48)34(21)50/h10-13,18-19,21,23-24,28-29,34-35,39,48,50-54H,14-17,20H2,1-9H3,(H,45,56)/b11-10+,18-13+,22-12-,44-19+/t21-,23+,24+,28+,29-,34-,35-,39+,43-/m0/s1. The van der Waals surface area contributed by atoms with Crippen LogP contribution >= 0.6 is 0 Å². The molecule has 1 amide bonds. The van der Waals surface area contributed by atoms with Crippen molar-refractivity contribution < 1.29 is 64.0 Å². The Morgan fingerprint density at radius 2 is 1.67 bits per heavy atom. The summed E-state index contributed by atoms with van der Waals surface area (Å²) in [4.78, 5) is 42.7. The van der Waals surface area contributed by atoms with Gasteiger partial charge in [-0.15, -0.1) is 0 Å². The molecule has 1 saturated heterocycles. The Balaban J connectivity index is 1.71. The average Bonchev–Trinajstić information content (AvgIpc) is 3.47. The van der Waals surface area contributed by atoms with E-state index >= 15 is 0 Å². The Morgan fingerprint density at radius 3 is 2.28 bits per heavy atom. The number of Topliss-reactive ketones (excluding diaryl/α,β-unsaturated/α-hetero) is 1. The largest absolute Gasteiger partial charge is 0.507 e. The summed E-state index contributed by atoms with van der Waals surface area (Å²) >= 11 is 0. The number of methoxy groups -OCH3 is 1. The van der Waals surface area contributed by atoms with Crippen molar-refractivity contribution in [3.8, 4) is 23.0 Å². The van der Waals surface area contributed by atoms with Gasteiger partial charge < -0.3 is 59.8 Å². The van der Waals surface area contributed by atoms with Crippen LogP contribution in [-0.4, -0.2) is 142 Å². The van der Waals surface area contributed by atoms with Gasteiger partial charge in [0.1, 0.15) is 23.4 Å². The second-order valence-electron chi connectivity index (χ2n) is 16.1. The molecule has 2 aromatic rings. The SMILES string of the molecule is CO[C@H]1/C=C/O[C@@]2(C)Oc3c(C)c(O)c4c(O)c(c(/C=N/N5CCN(C)CC5)c(O)c4c3C2=O)NC(=O)/C(C)=C\C=C\[C@H](C)[C@H](O)[C@@H](CO)[C@@H](O)[C@@H](C)[C@H](OC(C)=O)[C@@H]1C. The molecule has 4 aliphatic rings. The van der Waals surface area contributed by atoms with E-state index in [1.165, 1.54) is 65.5 Å². The number of aromatic hydroxyl groups is 3.